The normalized spacial score (nSPS) is 10.5. The molecule has 82 valence electrons. The number of carbonyl (C=O) groups excluding carboxylic acids is 1. The molecule has 0 fully saturated rings. The second-order valence-electron chi connectivity index (χ2n) is 2.80. The molecule has 0 saturated carbocycles. The summed E-state index contributed by atoms with van der Waals surface area (Å²) in [4.78, 5) is 19.6. The van der Waals surface area contributed by atoms with Gasteiger partial charge in [0, 0.05) is 7.05 Å². The fraction of sp³-hybridized carbons (Fsp3) is 0.375. The van der Waals surface area contributed by atoms with Gasteiger partial charge in [0.15, 0.2) is 0 Å². The first kappa shape index (κ1) is 11.8. The van der Waals surface area contributed by atoms with E-state index in [-0.39, 0.29) is 10.8 Å². The van der Waals surface area contributed by atoms with E-state index in [1.165, 1.54) is 13.2 Å². The zero-order valence-corrected chi connectivity index (χ0v) is 8.58. The molecule has 0 spiro atoms. The van der Waals surface area contributed by atoms with Crippen molar-refractivity contribution >= 4 is 17.5 Å². The molecule has 1 heterocycles. The number of nitrogens with zero attached hydrogens (tertiary/aromatic N) is 3. The first-order chi connectivity index (χ1) is 7.00. The summed E-state index contributed by atoms with van der Waals surface area (Å²) in [6.45, 7) is -0.636. The van der Waals surface area contributed by atoms with Crippen molar-refractivity contribution in [3.05, 3.63) is 23.2 Å². The Morgan fingerprint density at radius 2 is 2.20 bits per heavy atom. The molecular weight excluding hydrogens is 228 g/mol. The fourth-order valence-electron chi connectivity index (χ4n) is 0.908. The second kappa shape index (κ2) is 4.97. The largest absolute Gasteiger partial charge is 0.335 e. The quantitative estimate of drug-likeness (QED) is 0.797. The van der Waals surface area contributed by atoms with Gasteiger partial charge in [-0.2, -0.15) is 0 Å². The average molecular weight is 236 g/mol. The van der Waals surface area contributed by atoms with Crippen LogP contribution in [0.15, 0.2) is 12.4 Å². The van der Waals surface area contributed by atoms with Crippen molar-refractivity contribution < 1.29 is 13.6 Å². The molecule has 1 aromatic heterocycles. The zero-order valence-electron chi connectivity index (χ0n) is 7.82. The number of aromatic nitrogens is 2. The van der Waals surface area contributed by atoms with Crippen LogP contribution in [0.1, 0.15) is 10.5 Å². The fourth-order valence-corrected chi connectivity index (χ4v) is 1.01. The SMILES string of the molecule is CN(CC(F)F)C(=O)c1cnc(Cl)cn1. The Labute approximate surface area is 89.9 Å². The summed E-state index contributed by atoms with van der Waals surface area (Å²) < 4.78 is 23.9. The number of carbonyl (C=O) groups is 1. The highest BCUT2D eigenvalue weighted by Gasteiger charge is 2.16. The monoisotopic (exact) mass is 235 g/mol. The molecule has 0 bridgehead atoms. The van der Waals surface area contributed by atoms with Crippen LogP contribution < -0.4 is 0 Å². The lowest BCUT2D eigenvalue weighted by molar-refractivity contribution is 0.0615. The van der Waals surface area contributed by atoms with Gasteiger partial charge in [0.1, 0.15) is 10.8 Å². The molecule has 15 heavy (non-hydrogen) atoms. The molecule has 0 aliphatic heterocycles. The summed E-state index contributed by atoms with van der Waals surface area (Å²) in [7, 11) is 1.27. The van der Waals surface area contributed by atoms with Gasteiger partial charge in [-0.3, -0.25) is 4.79 Å². The molecule has 0 saturated heterocycles. The zero-order chi connectivity index (χ0) is 11.4. The Kier molecular flexibility index (Phi) is 3.90. The van der Waals surface area contributed by atoms with Gasteiger partial charge in [-0.05, 0) is 0 Å². The number of alkyl halides is 2. The lowest BCUT2D eigenvalue weighted by Crippen LogP contribution is -2.31. The van der Waals surface area contributed by atoms with Gasteiger partial charge in [0.25, 0.3) is 12.3 Å². The molecule has 0 aliphatic rings. The topological polar surface area (TPSA) is 46.1 Å². The lowest BCUT2D eigenvalue weighted by Gasteiger charge is -2.15. The standard InChI is InChI=1S/C8H8ClF2N3O/c1-14(4-7(10)11)8(15)5-2-13-6(9)3-12-5/h2-3,7H,4H2,1H3. The van der Waals surface area contributed by atoms with Gasteiger partial charge >= 0.3 is 0 Å². The van der Waals surface area contributed by atoms with Crippen LogP contribution in [-0.4, -0.2) is 40.8 Å². The molecule has 1 amide bonds. The van der Waals surface area contributed by atoms with Gasteiger partial charge < -0.3 is 4.90 Å². The van der Waals surface area contributed by atoms with E-state index < -0.39 is 18.9 Å². The van der Waals surface area contributed by atoms with Gasteiger partial charge in [-0.1, -0.05) is 11.6 Å². The smallest absolute Gasteiger partial charge is 0.273 e. The highest BCUT2D eigenvalue weighted by atomic mass is 35.5. The Bertz CT molecular complexity index is 344. The Balaban J connectivity index is 2.72. The number of halogens is 3. The van der Waals surface area contributed by atoms with Gasteiger partial charge in [-0.25, -0.2) is 18.7 Å². The summed E-state index contributed by atoms with van der Waals surface area (Å²) in [5.74, 6) is -0.612. The molecule has 1 rings (SSSR count). The minimum Gasteiger partial charge on any atom is -0.335 e. The van der Waals surface area contributed by atoms with E-state index in [9.17, 15) is 13.6 Å². The molecule has 0 radical (unpaired) electrons. The van der Waals surface area contributed by atoms with Crippen LogP contribution in [0.2, 0.25) is 5.15 Å². The van der Waals surface area contributed by atoms with Crippen LogP contribution in [0, 0.1) is 0 Å². The maximum atomic E-state index is 12.0. The Morgan fingerprint density at radius 3 is 2.67 bits per heavy atom. The Hall–Kier alpha value is -1.30. The van der Waals surface area contributed by atoms with E-state index in [2.05, 4.69) is 9.97 Å². The maximum absolute atomic E-state index is 12.0. The van der Waals surface area contributed by atoms with E-state index in [1.54, 1.807) is 0 Å². The summed E-state index contributed by atoms with van der Waals surface area (Å²) >= 11 is 5.46. The lowest BCUT2D eigenvalue weighted by atomic mass is 10.4. The summed E-state index contributed by atoms with van der Waals surface area (Å²) in [6.07, 6.45) is -0.239. The molecule has 0 unspecified atom stereocenters. The second-order valence-corrected chi connectivity index (χ2v) is 3.19. The Morgan fingerprint density at radius 1 is 1.53 bits per heavy atom. The predicted octanol–water partition coefficient (Wildman–Crippen LogP) is 1.47. The van der Waals surface area contributed by atoms with E-state index in [1.807, 2.05) is 0 Å². The number of amides is 1. The highest BCUT2D eigenvalue weighted by molar-refractivity contribution is 6.29. The number of hydrogen-bond acceptors (Lipinski definition) is 3. The minimum atomic E-state index is -2.57. The third-order valence-corrected chi connectivity index (χ3v) is 1.79. The van der Waals surface area contributed by atoms with Crippen LogP contribution in [0.5, 0.6) is 0 Å². The third-order valence-electron chi connectivity index (χ3n) is 1.60. The minimum absolute atomic E-state index is 0.0115. The van der Waals surface area contributed by atoms with Gasteiger partial charge in [-0.15, -0.1) is 0 Å². The summed E-state index contributed by atoms with van der Waals surface area (Å²) in [6, 6.07) is 0. The van der Waals surface area contributed by atoms with Crippen molar-refractivity contribution in [2.24, 2.45) is 0 Å². The van der Waals surface area contributed by atoms with E-state index in [0.29, 0.717) is 0 Å². The van der Waals surface area contributed by atoms with Gasteiger partial charge in [0.2, 0.25) is 0 Å². The van der Waals surface area contributed by atoms with E-state index >= 15 is 0 Å². The molecule has 0 aliphatic carbocycles. The molecular formula is C8H8ClF2N3O. The van der Waals surface area contributed by atoms with Crippen molar-refractivity contribution in [2.75, 3.05) is 13.6 Å². The van der Waals surface area contributed by atoms with E-state index in [4.69, 9.17) is 11.6 Å². The van der Waals surface area contributed by atoms with Crippen molar-refractivity contribution in [1.82, 2.24) is 14.9 Å². The van der Waals surface area contributed by atoms with Crippen molar-refractivity contribution in [1.29, 1.82) is 0 Å². The van der Waals surface area contributed by atoms with Crippen LogP contribution >= 0.6 is 11.6 Å². The average Bonchev–Trinajstić information content (AvgIpc) is 2.17. The molecule has 1 aromatic rings. The van der Waals surface area contributed by atoms with Crippen LogP contribution in [0.25, 0.3) is 0 Å². The number of rotatable bonds is 3. The highest BCUT2D eigenvalue weighted by Crippen LogP contribution is 2.05. The molecule has 0 atom stereocenters. The predicted molar refractivity (Wildman–Crippen MR) is 50.0 cm³/mol. The van der Waals surface area contributed by atoms with Crippen LogP contribution in [-0.2, 0) is 0 Å². The molecule has 7 heteroatoms. The third kappa shape index (κ3) is 3.39. The molecule has 0 aromatic carbocycles. The van der Waals surface area contributed by atoms with Crippen molar-refractivity contribution in [3.8, 4) is 0 Å². The number of hydrogen-bond donors (Lipinski definition) is 0. The summed E-state index contributed by atoms with van der Waals surface area (Å²) in [5, 5.41) is 0.142. The summed E-state index contributed by atoms with van der Waals surface area (Å²) in [5.41, 5.74) is -0.0115. The van der Waals surface area contributed by atoms with E-state index in [0.717, 1.165) is 11.1 Å². The first-order valence-electron chi connectivity index (χ1n) is 4.02. The maximum Gasteiger partial charge on any atom is 0.273 e. The molecule has 4 nitrogen and oxygen atoms in total. The first-order valence-corrected chi connectivity index (χ1v) is 4.39. The van der Waals surface area contributed by atoms with Crippen molar-refractivity contribution in [3.63, 3.8) is 0 Å². The van der Waals surface area contributed by atoms with Gasteiger partial charge in [0.05, 0.1) is 18.9 Å². The van der Waals surface area contributed by atoms with Crippen LogP contribution in [0.4, 0.5) is 8.78 Å². The van der Waals surface area contributed by atoms with Crippen molar-refractivity contribution in [2.45, 2.75) is 6.43 Å². The van der Waals surface area contributed by atoms with Crippen LogP contribution in [0.3, 0.4) is 0 Å². The molecule has 0 N–H and O–H groups in total.